The van der Waals surface area contributed by atoms with E-state index in [1.165, 1.54) is 19.3 Å². The lowest BCUT2D eigenvalue weighted by Crippen LogP contribution is -2.51. The van der Waals surface area contributed by atoms with Gasteiger partial charge in [-0.1, -0.05) is 38.3 Å². The van der Waals surface area contributed by atoms with E-state index in [1.54, 1.807) is 12.1 Å². The highest BCUT2D eigenvalue weighted by Gasteiger charge is 2.58. The number of benzene rings is 1. The maximum absolute atomic E-state index is 12.3. The smallest absolute Gasteiger partial charge is 0.310 e. The lowest BCUT2D eigenvalue weighted by Gasteiger charge is -2.56. The number of carboxylic acid groups (broad SMARTS) is 1. The molecule has 3 aliphatic carbocycles. The summed E-state index contributed by atoms with van der Waals surface area (Å²) in [5.74, 6) is -0.914. The number of carboxylic acids is 1. The number of aliphatic carboxylic acids is 1. The van der Waals surface area contributed by atoms with E-state index in [-0.39, 0.29) is 11.3 Å². The lowest BCUT2D eigenvalue weighted by molar-refractivity contribution is -0.162. The topological polar surface area (TPSA) is 84.9 Å². The van der Waals surface area contributed by atoms with Crippen molar-refractivity contribution in [1.29, 1.82) is 10.5 Å². The van der Waals surface area contributed by atoms with E-state index in [9.17, 15) is 20.4 Å². The van der Waals surface area contributed by atoms with E-state index in [0.717, 1.165) is 31.2 Å². The first kappa shape index (κ1) is 18.5. The molecule has 3 aliphatic rings. The Morgan fingerprint density at radius 3 is 2.50 bits per heavy atom. The normalized spacial score (nSPS) is 29.7. The molecule has 1 atom stereocenters. The highest BCUT2D eigenvalue weighted by atomic mass is 16.4. The Balaban J connectivity index is 2.03. The number of hydrogen-bond donors (Lipinski definition) is 1. The van der Waals surface area contributed by atoms with E-state index in [1.807, 2.05) is 6.07 Å². The van der Waals surface area contributed by atoms with Crippen LogP contribution in [0.25, 0.3) is 0 Å². The number of nitrogens with zero attached hydrogens (tertiary/aromatic N) is 2. The highest BCUT2D eigenvalue weighted by Crippen LogP contribution is 2.65. The Hall–Kier alpha value is -2.33. The molecule has 3 fully saturated rings. The monoisotopic (exact) mass is 350 g/mol. The summed E-state index contributed by atoms with van der Waals surface area (Å²) in [7, 11) is 0. The van der Waals surface area contributed by atoms with Gasteiger partial charge in [0.05, 0.1) is 16.5 Å². The maximum atomic E-state index is 12.3. The minimum Gasteiger partial charge on any atom is -0.481 e. The average molecular weight is 350 g/mol. The molecular formula is C22H26N2O2. The van der Waals surface area contributed by atoms with Gasteiger partial charge in [0, 0.05) is 5.92 Å². The minimum atomic E-state index is -0.786. The zero-order valence-corrected chi connectivity index (χ0v) is 15.4. The predicted octanol–water partition coefficient (Wildman–Crippen LogP) is 5.13. The van der Waals surface area contributed by atoms with Crippen LogP contribution in [-0.2, 0) is 4.79 Å². The largest absolute Gasteiger partial charge is 0.481 e. The second-order valence-corrected chi connectivity index (χ2v) is 8.17. The van der Waals surface area contributed by atoms with Gasteiger partial charge in [-0.3, -0.25) is 4.79 Å². The molecule has 1 aromatic rings. The minimum absolute atomic E-state index is 0.174. The molecule has 136 valence electrons. The molecule has 0 aromatic heterocycles. The molecule has 0 saturated heterocycles. The second-order valence-electron chi connectivity index (χ2n) is 8.17. The fourth-order valence-corrected chi connectivity index (χ4v) is 5.36. The van der Waals surface area contributed by atoms with Crippen LogP contribution >= 0.6 is 0 Å². The second kappa shape index (κ2) is 7.12. The number of carbonyl (C=O) groups is 1. The van der Waals surface area contributed by atoms with Crippen LogP contribution in [-0.4, -0.2) is 11.1 Å². The molecule has 0 amide bonds. The molecule has 1 N–H and O–H groups in total. The molecule has 1 unspecified atom stereocenters. The quantitative estimate of drug-likeness (QED) is 0.721. The molecule has 0 heterocycles. The molecule has 4 rings (SSSR count). The van der Waals surface area contributed by atoms with E-state index in [4.69, 9.17) is 0 Å². The summed E-state index contributed by atoms with van der Waals surface area (Å²) >= 11 is 0. The van der Waals surface area contributed by atoms with Crippen molar-refractivity contribution in [2.24, 2.45) is 10.8 Å². The van der Waals surface area contributed by atoms with Gasteiger partial charge in [0.1, 0.15) is 12.1 Å². The van der Waals surface area contributed by atoms with Crippen molar-refractivity contribution in [3.8, 4) is 12.1 Å². The van der Waals surface area contributed by atoms with Crippen LogP contribution < -0.4 is 0 Å². The molecule has 4 nitrogen and oxygen atoms in total. The molecule has 1 aromatic carbocycles. The zero-order valence-electron chi connectivity index (χ0n) is 15.4. The summed E-state index contributed by atoms with van der Waals surface area (Å²) in [6.07, 6.45) is 8.86. The van der Waals surface area contributed by atoms with Crippen LogP contribution in [0, 0.1) is 33.5 Å². The molecule has 26 heavy (non-hydrogen) atoms. The van der Waals surface area contributed by atoms with Gasteiger partial charge in [0.25, 0.3) is 0 Å². The Morgan fingerprint density at radius 1 is 1.19 bits per heavy atom. The van der Waals surface area contributed by atoms with Gasteiger partial charge in [-0.25, -0.2) is 0 Å². The molecule has 0 spiro atoms. The predicted molar refractivity (Wildman–Crippen MR) is 98.3 cm³/mol. The van der Waals surface area contributed by atoms with Crippen LogP contribution in [0.3, 0.4) is 0 Å². The Morgan fingerprint density at radius 2 is 1.92 bits per heavy atom. The lowest BCUT2D eigenvalue weighted by atomic mass is 9.47. The molecular weight excluding hydrogens is 324 g/mol. The summed E-state index contributed by atoms with van der Waals surface area (Å²) < 4.78 is 0. The van der Waals surface area contributed by atoms with Crippen LogP contribution in [0.4, 0.5) is 0 Å². The summed E-state index contributed by atoms with van der Waals surface area (Å²) in [4.78, 5) is 12.3. The van der Waals surface area contributed by atoms with Crippen molar-refractivity contribution in [3.63, 3.8) is 0 Å². The Bertz CT molecular complexity index is 776. The average Bonchev–Trinajstić information content (AvgIpc) is 2.68. The SMILES string of the molecule is CCCCCC12CCC(C(=O)O)(CC1)C(c1cccc(C#N)c1C#N)C2. The van der Waals surface area contributed by atoms with Crippen molar-refractivity contribution in [2.45, 2.75) is 70.6 Å². The summed E-state index contributed by atoms with van der Waals surface area (Å²) in [6, 6.07) is 9.58. The molecule has 0 aliphatic heterocycles. The van der Waals surface area contributed by atoms with Crippen LogP contribution in [0.2, 0.25) is 0 Å². The molecule has 4 heteroatoms. The maximum Gasteiger partial charge on any atom is 0.310 e. The third-order valence-corrected chi connectivity index (χ3v) is 6.95. The van der Waals surface area contributed by atoms with Gasteiger partial charge >= 0.3 is 5.97 Å². The highest BCUT2D eigenvalue weighted by molar-refractivity contribution is 5.77. The van der Waals surface area contributed by atoms with Crippen molar-refractivity contribution < 1.29 is 9.90 Å². The Labute approximate surface area is 155 Å². The number of rotatable bonds is 6. The van der Waals surface area contributed by atoms with Gasteiger partial charge in [-0.2, -0.15) is 10.5 Å². The third kappa shape index (κ3) is 2.88. The first-order chi connectivity index (χ1) is 12.5. The fourth-order valence-electron chi connectivity index (χ4n) is 5.36. The standard InChI is InChI=1S/C22H26N2O2/c1-2-3-4-8-21-9-11-22(12-10-21,20(25)26)19(13-21)17-7-5-6-16(14-23)18(17)15-24/h5-7,19H,2-4,8-13H2,1H3,(H,25,26). The fraction of sp³-hybridized carbons (Fsp3) is 0.591. The van der Waals surface area contributed by atoms with Crippen molar-refractivity contribution >= 4 is 5.97 Å². The Kier molecular flexibility index (Phi) is 5.05. The number of hydrogen-bond acceptors (Lipinski definition) is 3. The molecule has 3 saturated carbocycles. The number of fused-ring (bicyclic) bond motifs is 3. The van der Waals surface area contributed by atoms with Crippen molar-refractivity contribution in [2.75, 3.05) is 0 Å². The molecule has 2 bridgehead atoms. The number of nitriles is 2. The van der Waals surface area contributed by atoms with Gasteiger partial charge in [-0.15, -0.1) is 0 Å². The van der Waals surface area contributed by atoms with Gasteiger partial charge in [0.15, 0.2) is 0 Å². The van der Waals surface area contributed by atoms with E-state index >= 15 is 0 Å². The summed E-state index contributed by atoms with van der Waals surface area (Å²) in [5, 5.41) is 29.1. The summed E-state index contributed by atoms with van der Waals surface area (Å²) in [5.41, 5.74) is 0.913. The molecule has 0 radical (unpaired) electrons. The van der Waals surface area contributed by atoms with E-state index in [0.29, 0.717) is 24.0 Å². The van der Waals surface area contributed by atoms with Gasteiger partial charge < -0.3 is 5.11 Å². The van der Waals surface area contributed by atoms with Crippen molar-refractivity contribution in [1.82, 2.24) is 0 Å². The van der Waals surface area contributed by atoms with Crippen LogP contribution in [0.1, 0.15) is 87.3 Å². The summed E-state index contributed by atoms with van der Waals surface area (Å²) in [6.45, 7) is 2.20. The third-order valence-electron chi connectivity index (χ3n) is 6.95. The van der Waals surface area contributed by atoms with Gasteiger partial charge in [0.2, 0.25) is 0 Å². The first-order valence-electron chi connectivity index (χ1n) is 9.68. The number of unbranched alkanes of at least 4 members (excludes halogenated alkanes) is 2. The van der Waals surface area contributed by atoms with Crippen molar-refractivity contribution in [3.05, 3.63) is 34.9 Å². The first-order valence-corrected chi connectivity index (χ1v) is 9.68. The van der Waals surface area contributed by atoms with E-state index < -0.39 is 11.4 Å². The zero-order chi connectivity index (χ0) is 18.8. The van der Waals surface area contributed by atoms with Crippen LogP contribution in [0.15, 0.2) is 18.2 Å². The van der Waals surface area contributed by atoms with Crippen LogP contribution in [0.5, 0.6) is 0 Å². The van der Waals surface area contributed by atoms with Gasteiger partial charge in [-0.05, 0) is 55.6 Å². The van der Waals surface area contributed by atoms with E-state index in [2.05, 4.69) is 19.1 Å².